The number of unbranched alkanes of at least 4 members (excludes halogenated alkanes) is 1. The minimum atomic E-state index is 0.578. The highest BCUT2D eigenvalue weighted by molar-refractivity contribution is 7.09. The zero-order valence-electron chi connectivity index (χ0n) is 11.3. The molecule has 0 aliphatic carbocycles. The number of hydrogen-bond donors (Lipinski definition) is 2. The van der Waals surface area contributed by atoms with Gasteiger partial charge in [-0.2, -0.15) is 0 Å². The Morgan fingerprint density at radius 2 is 2.21 bits per heavy atom. The van der Waals surface area contributed by atoms with Crippen molar-refractivity contribution < 1.29 is 0 Å². The molecular weight excluding hydrogens is 280 g/mol. The Balaban J connectivity index is 1.83. The highest BCUT2D eigenvalue weighted by atomic mass is 35.5. The van der Waals surface area contributed by atoms with Crippen LogP contribution in [0.1, 0.15) is 42.0 Å². The molecule has 19 heavy (non-hydrogen) atoms. The summed E-state index contributed by atoms with van der Waals surface area (Å²) in [5.74, 6) is 0.980. The first-order valence-electron chi connectivity index (χ1n) is 6.54. The molecule has 4 nitrogen and oxygen atoms in total. The third kappa shape index (κ3) is 4.30. The fourth-order valence-corrected chi connectivity index (χ4v) is 2.76. The van der Waals surface area contributed by atoms with Crippen molar-refractivity contribution in [3.63, 3.8) is 0 Å². The average Bonchev–Trinajstić information content (AvgIpc) is 2.94. The molecule has 2 aromatic heterocycles. The van der Waals surface area contributed by atoms with Crippen LogP contribution >= 0.6 is 22.9 Å². The lowest BCUT2D eigenvalue weighted by Crippen LogP contribution is -2.13. The van der Waals surface area contributed by atoms with Gasteiger partial charge in [0, 0.05) is 30.6 Å². The summed E-state index contributed by atoms with van der Waals surface area (Å²) in [6.45, 7) is 5.63. The van der Waals surface area contributed by atoms with E-state index < -0.39 is 0 Å². The summed E-state index contributed by atoms with van der Waals surface area (Å²) in [4.78, 5) is 12.0. The summed E-state index contributed by atoms with van der Waals surface area (Å²) in [6, 6.07) is 0. The van der Waals surface area contributed by atoms with Crippen molar-refractivity contribution in [3.05, 3.63) is 32.8 Å². The number of aryl methyl sites for hydroxylation is 2. The maximum absolute atomic E-state index is 6.11. The first kappa shape index (κ1) is 14.5. The van der Waals surface area contributed by atoms with Crippen molar-refractivity contribution >= 4 is 22.9 Å². The van der Waals surface area contributed by atoms with Crippen LogP contribution in [-0.4, -0.2) is 15.0 Å². The molecule has 0 spiro atoms. The third-order valence-corrected chi connectivity index (χ3v) is 4.07. The Bertz CT molecular complexity index is 520. The smallest absolute Gasteiger partial charge is 0.151 e. The van der Waals surface area contributed by atoms with Crippen LogP contribution in [0.3, 0.4) is 0 Å². The first-order valence-corrected chi connectivity index (χ1v) is 7.79. The fraction of sp³-hybridized carbons (Fsp3) is 0.538. The molecular formula is C13H19ClN4S. The quantitative estimate of drug-likeness (QED) is 0.823. The number of nitrogens with zero attached hydrogens (tertiary/aromatic N) is 2. The SMILES string of the molecule is CCCCc1nc(Cl)c(CNCc2nc(C)cs2)[nH]1. The van der Waals surface area contributed by atoms with Crippen LogP contribution in [0.25, 0.3) is 0 Å². The Morgan fingerprint density at radius 1 is 1.37 bits per heavy atom. The number of halogens is 1. The van der Waals surface area contributed by atoms with Crippen LogP contribution in [0.5, 0.6) is 0 Å². The van der Waals surface area contributed by atoms with Gasteiger partial charge in [0.2, 0.25) is 0 Å². The van der Waals surface area contributed by atoms with E-state index in [1.165, 1.54) is 0 Å². The second-order valence-corrected chi connectivity index (χ2v) is 5.84. The molecule has 0 saturated carbocycles. The third-order valence-electron chi connectivity index (χ3n) is 2.79. The zero-order chi connectivity index (χ0) is 13.7. The van der Waals surface area contributed by atoms with Gasteiger partial charge in [-0.25, -0.2) is 9.97 Å². The normalized spacial score (nSPS) is 11.1. The molecule has 0 unspecified atom stereocenters. The highest BCUT2D eigenvalue weighted by Crippen LogP contribution is 2.14. The minimum absolute atomic E-state index is 0.578. The number of imidazole rings is 1. The lowest BCUT2D eigenvalue weighted by atomic mass is 10.2. The zero-order valence-corrected chi connectivity index (χ0v) is 12.9. The molecule has 6 heteroatoms. The molecule has 2 rings (SSSR count). The molecule has 0 aromatic carbocycles. The molecule has 0 bridgehead atoms. The predicted molar refractivity (Wildman–Crippen MR) is 79.6 cm³/mol. The van der Waals surface area contributed by atoms with E-state index in [1.807, 2.05) is 6.92 Å². The number of aromatic nitrogens is 3. The monoisotopic (exact) mass is 298 g/mol. The maximum Gasteiger partial charge on any atom is 0.151 e. The molecule has 2 heterocycles. The largest absolute Gasteiger partial charge is 0.344 e. The molecule has 0 amide bonds. The highest BCUT2D eigenvalue weighted by Gasteiger charge is 2.07. The van der Waals surface area contributed by atoms with Crippen molar-refractivity contribution in [3.8, 4) is 0 Å². The second-order valence-electron chi connectivity index (χ2n) is 4.54. The van der Waals surface area contributed by atoms with Gasteiger partial charge < -0.3 is 10.3 Å². The van der Waals surface area contributed by atoms with Crippen LogP contribution in [-0.2, 0) is 19.5 Å². The van der Waals surface area contributed by atoms with Gasteiger partial charge in [0.05, 0.1) is 5.69 Å². The Labute approximate surface area is 122 Å². The van der Waals surface area contributed by atoms with Crippen LogP contribution in [0, 0.1) is 6.92 Å². The molecule has 104 valence electrons. The molecule has 0 aliphatic heterocycles. The molecule has 0 radical (unpaired) electrons. The average molecular weight is 299 g/mol. The van der Waals surface area contributed by atoms with Crippen LogP contribution < -0.4 is 5.32 Å². The second kappa shape index (κ2) is 7.03. The lowest BCUT2D eigenvalue weighted by molar-refractivity contribution is 0.675. The number of rotatable bonds is 7. The van der Waals surface area contributed by atoms with E-state index in [4.69, 9.17) is 11.6 Å². The van der Waals surface area contributed by atoms with Gasteiger partial charge in [-0.1, -0.05) is 24.9 Å². The number of aromatic amines is 1. The summed E-state index contributed by atoms with van der Waals surface area (Å²) >= 11 is 7.79. The summed E-state index contributed by atoms with van der Waals surface area (Å²) in [7, 11) is 0. The van der Waals surface area contributed by atoms with E-state index in [0.29, 0.717) is 11.7 Å². The van der Waals surface area contributed by atoms with Crippen molar-refractivity contribution in [2.45, 2.75) is 46.2 Å². The number of hydrogen-bond acceptors (Lipinski definition) is 4. The van der Waals surface area contributed by atoms with Gasteiger partial charge in [-0.3, -0.25) is 0 Å². The Kier molecular flexibility index (Phi) is 5.36. The number of thiazole rings is 1. The number of nitrogens with one attached hydrogen (secondary N) is 2. The van der Waals surface area contributed by atoms with Crippen LogP contribution in [0.2, 0.25) is 5.15 Å². The topological polar surface area (TPSA) is 53.6 Å². The van der Waals surface area contributed by atoms with Crippen molar-refractivity contribution in [1.82, 2.24) is 20.3 Å². The fourth-order valence-electron chi connectivity index (χ4n) is 1.80. The van der Waals surface area contributed by atoms with E-state index in [0.717, 1.165) is 48.0 Å². The summed E-state index contributed by atoms with van der Waals surface area (Å²) in [5, 5.41) is 7.07. The lowest BCUT2D eigenvalue weighted by Gasteiger charge is -2.00. The van der Waals surface area contributed by atoms with Gasteiger partial charge in [-0.15, -0.1) is 11.3 Å². The van der Waals surface area contributed by atoms with E-state index in [9.17, 15) is 0 Å². The molecule has 0 fully saturated rings. The van der Waals surface area contributed by atoms with Gasteiger partial charge >= 0.3 is 0 Å². The Morgan fingerprint density at radius 3 is 2.89 bits per heavy atom. The minimum Gasteiger partial charge on any atom is -0.344 e. The molecule has 2 aromatic rings. The van der Waals surface area contributed by atoms with Crippen molar-refractivity contribution in [2.24, 2.45) is 0 Å². The maximum atomic E-state index is 6.11. The summed E-state index contributed by atoms with van der Waals surface area (Å²) in [6.07, 6.45) is 3.26. The van der Waals surface area contributed by atoms with E-state index in [2.05, 4.69) is 32.6 Å². The van der Waals surface area contributed by atoms with Crippen LogP contribution in [0.15, 0.2) is 5.38 Å². The Hall–Kier alpha value is -0.910. The van der Waals surface area contributed by atoms with Gasteiger partial charge in [0.25, 0.3) is 0 Å². The summed E-state index contributed by atoms with van der Waals surface area (Å²) < 4.78 is 0. The molecule has 0 atom stereocenters. The predicted octanol–water partition coefficient (Wildman–Crippen LogP) is 3.46. The van der Waals surface area contributed by atoms with E-state index >= 15 is 0 Å². The van der Waals surface area contributed by atoms with Crippen molar-refractivity contribution in [1.29, 1.82) is 0 Å². The summed E-state index contributed by atoms with van der Waals surface area (Å²) in [5.41, 5.74) is 2.03. The first-order chi connectivity index (χ1) is 9.19. The van der Waals surface area contributed by atoms with E-state index in [1.54, 1.807) is 11.3 Å². The van der Waals surface area contributed by atoms with E-state index in [-0.39, 0.29) is 0 Å². The van der Waals surface area contributed by atoms with Crippen molar-refractivity contribution in [2.75, 3.05) is 0 Å². The molecule has 0 saturated heterocycles. The van der Waals surface area contributed by atoms with Gasteiger partial charge in [-0.05, 0) is 13.3 Å². The van der Waals surface area contributed by atoms with Crippen LogP contribution in [0.4, 0.5) is 0 Å². The standard InChI is InChI=1S/C13H19ClN4S/c1-3-4-5-11-17-10(13(14)18-11)6-15-7-12-16-9(2)8-19-12/h8,15H,3-7H2,1-2H3,(H,17,18). The molecule has 2 N–H and O–H groups in total. The van der Waals surface area contributed by atoms with Gasteiger partial charge in [0.1, 0.15) is 10.8 Å². The molecule has 0 aliphatic rings. The number of H-pyrrole nitrogens is 1. The van der Waals surface area contributed by atoms with Gasteiger partial charge in [0.15, 0.2) is 5.15 Å².